The number of carbonyl (C=O) groups is 2. The second-order valence-electron chi connectivity index (χ2n) is 6.44. The van der Waals surface area contributed by atoms with Gasteiger partial charge in [0.15, 0.2) is 0 Å². The first kappa shape index (κ1) is 14.9. The van der Waals surface area contributed by atoms with Crippen LogP contribution in [0.25, 0.3) is 11.1 Å². The number of hydrogen-bond acceptors (Lipinski definition) is 3. The van der Waals surface area contributed by atoms with Crippen LogP contribution in [0.1, 0.15) is 29.9 Å². The number of nitrogens with one attached hydrogen (secondary N) is 1. The third-order valence-electron chi connectivity index (χ3n) is 4.92. The van der Waals surface area contributed by atoms with Crippen molar-refractivity contribution in [2.24, 2.45) is 5.92 Å². The van der Waals surface area contributed by atoms with E-state index in [1.165, 1.54) is 7.11 Å². The van der Waals surface area contributed by atoms with Gasteiger partial charge in [0.25, 0.3) is 0 Å². The normalized spacial score (nSPS) is 16.9. The SMILES string of the molecule is COC(=O)[C@@H](NC(=O)C1CC1)C1c2ccccc2-c2ccccc21. The van der Waals surface area contributed by atoms with E-state index in [0.717, 1.165) is 35.1 Å². The Labute approximate surface area is 140 Å². The molecule has 122 valence electrons. The molecule has 0 bridgehead atoms. The summed E-state index contributed by atoms with van der Waals surface area (Å²) in [5, 5.41) is 2.94. The number of ether oxygens (including phenoxy) is 1. The van der Waals surface area contributed by atoms with Gasteiger partial charge in [-0.1, -0.05) is 48.5 Å². The quantitative estimate of drug-likeness (QED) is 0.881. The van der Waals surface area contributed by atoms with Gasteiger partial charge in [0.1, 0.15) is 6.04 Å². The Hall–Kier alpha value is -2.62. The van der Waals surface area contributed by atoms with Crippen molar-refractivity contribution in [2.75, 3.05) is 7.11 Å². The molecule has 1 saturated carbocycles. The standard InChI is InChI=1S/C20H19NO3/c1-24-20(23)18(21-19(22)12-10-11-12)17-15-8-4-2-6-13(15)14-7-3-5-9-16(14)17/h2-9,12,17-18H,10-11H2,1H3,(H,21,22)/t18-/m0/s1. The molecule has 2 aromatic rings. The summed E-state index contributed by atoms with van der Waals surface area (Å²) in [5.41, 5.74) is 4.36. The van der Waals surface area contributed by atoms with Crippen LogP contribution in [0.4, 0.5) is 0 Å². The predicted octanol–water partition coefficient (Wildman–Crippen LogP) is 2.87. The third-order valence-corrected chi connectivity index (χ3v) is 4.92. The Morgan fingerprint density at radius 3 is 2.04 bits per heavy atom. The number of rotatable bonds is 4. The number of amides is 1. The van der Waals surface area contributed by atoms with Crippen molar-refractivity contribution < 1.29 is 14.3 Å². The third kappa shape index (κ3) is 2.39. The average molecular weight is 321 g/mol. The molecule has 0 spiro atoms. The lowest BCUT2D eigenvalue weighted by Crippen LogP contribution is -2.46. The van der Waals surface area contributed by atoms with E-state index in [9.17, 15) is 9.59 Å². The van der Waals surface area contributed by atoms with Crippen molar-refractivity contribution in [2.45, 2.75) is 24.8 Å². The van der Waals surface area contributed by atoms with Crippen LogP contribution in [0.3, 0.4) is 0 Å². The van der Waals surface area contributed by atoms with Gasteiger partial charge < -0.3 is 10.1 Å². The number of hydrogen-bond donors (Lipinski definition) is 1. The molecule has 1 N–H and O–H groups in total. The molecule has 1 amide bonds. The van der Waals surface area contributed by atoms with E-state index < -0.39 is 12.0 Å². The zero-order valence-electron chi connectivity index (χ0n) is 13.5. The first-order valence-electron chi connectivity index (χ1n) is 8.27. The van der Waals surface area contributed by atoms with Gasteiger partial charge in [-0.05, 0) is 35.1 Å². The summed E-state index contributed by atoms with van der Waals surface area (Å²) < 4.78 is 5.00. The van der Waals surface area contributed by atoms with E-state index in [2.05, 4.69) is 17.4 Å². The molecule has 1 atom stereocenters. The van der Waals surface area contributed by atoms with Crippen molar-refractivity contribution in [3.63, 3.8) is 0 Å². The van der Waals surface area contributed by atoms with Crippen molar-refractivity contribution in [3.05, 3.63) is 59.7 Å². The van der Waals surface area contributed by atoms with Crippen LogP contribution in [0.2, 0.25) is 0 Å². The molecule has 0 unspecified atom stereocenters. The van der Waals surface area contributed by atoms with Crippen LogP contribution >= 0.6 is 0 Å². The summed E-state index contributed by atoms with van der Waals surface area (Å²) in [5.74, 6) is -0.621. The fourth-order valence-electron chi connectivity index (χ4n) is 3.58. The fourth-order valence-corrected chi connectivity index (χ4v) is 3.58. The maximum absolute atomic E-state index is 12.5. The Balaban J connectivity index is 1.79. The molecule has 4 heteroatoms. The van der Waals surface area contributed by atoms with Gasteiger partial charge in [0.05, 0.1) is 7.11 Å². The van der Waals surface area contributed by atoms with Crippen molar-refractivity contribution in [1.29, 1.82) is 0 Å². The molecule has 0 heterocycles. The van der Waals surface area contributed by atoms with E-state index >= 15 is 0 Å². The van der Waals surface area contributed by atoms with Crippen LogP contribution < -0.4 is 5.32 Å². The van der Waals surface area contributed by atoms with Gasteiger partial charge in [0.2, 0.25) is 5.91 Å². The zero-order valence-corrected chi connectivity index (χ0v) is 13.5. The highest BCUT2D eigenvalue weighted by Gasteiger charge is 2.41. The second-order valence-corrected chi connectivity index (χ2v) is 6.44. The summed E-state index contributed by atoms with van der Waals surface area (Å²) in [6, 6.07) is 15.4. The molecular formula is C20H19NO3. The van der Waals surface area contributed by atoms with Gasteiger partial charge in [-0.2, -0.15) is 0 Å². The van der Waals surface area contributed by atoms with Gasteiger partial charge >= 0.3 is 5.97 Å². The molecule has 2 aliphatic carbocycles. The minimum absolute atomic E-state index is 0.0454. The highest BCUT2D eigenvalue weighted by atomic mass is 16.5. The lowest BCUT2D eigenvalue weighted by atomic mass is 9.89. The number of benzene rings is 2. The first-order valence-corrected chi connectivity index (χ1v) is 8.27. The topological polar surface area (TPSA) is 55.4 Å². The van der Waals surface area contributed by atoms with Gasteiger partial charge in [-0.3, -0.25) is 4.79 Å². The van der Waals surface area contributed by atoms with E-state index in [0.29, 0.717) is 0 Å². The van der Waals surface area contributed by atoms with Crippen molar-refractivity contribution in [3.8, 4) is 11.1 Å². The molecule has 1 fully saturated rings. The predicted molar refractivity (Wildman–Crippen MR) is 90.4 cm³/mol. The molecule has 4 rings (SSSR count). The van der Waals surface area contributed by atoms with E-state index in [1.54, 1.807) is 0 Å². The largest absolute Gasteiger partial charge is 0.467 e. The molecule has 0 radical (unpaired) electrons. The lowest BCUT2D eigenvalue weighted by molar-refractivity contribution is -0.145. The molecule has 0 aliphatic heterocycles. The summed E-state index contributed by atoms with van der Waals surface area (Å²) >= 11 is 0. The number of esters is 1. The second kappa shape index (κ2) is 5.78. The maximum Gasteiger partial charge on any atom is 0.329 e. The van der Waals surface area contributed by atoms with Crippen LogP contribution in [0, 0.1) is 5.92 Å². The summed E-state index contributed by atoms with van der Waals surface area (Å²) in [6.45, 7) is 0. The van der Waals surface area contributed by atoms with Crippen LogP contribution in [-0.4, -0.2) is 25.0 Å². The van der Waals surface area contributed by atoms with E-state index in [-0.39, 0.29) is 17.7 Å². The summed E-state index contributed by atoms with van der Waals surface area (Å²) in [7, 11) is 1.37. The highest BCUT2D eigenvalue weighted by Crippen LogP contribution is 2.46. The Morgan fingerprint density at radius 2 is 1.54 bits per heavy atom. The zero-order chi connectivity index (χ0) is 16.7. The summed E-state index contributed by atoms with van der Waals surface area (Å²) in [4.78, 5) is 24.8. The Kier molecular flexibility index (Phi) is 3.60. The van der Waals surface area contributed by atoms with Crippen LogP contribution in [-0.2, 0) is 14.3 Å². The van der Waals surface area contributed by atoms with Gasteiger partial charge in [0, 0.05) is 11.8 Å². The highest BCUT2D eigenvalue weighted by molar-refractivity contribution is 5.90. The minimum Gasteiger partial charge on any atom is -0.467 e. The fraction of sp³-hybridized carbons (Fsp3) is 0.300. The Morgan fingerprint density at radius 1 is 1.00 bits per heavy atom. The average Bonchev–Trinajstić information content (AvgIpc) is 3.42. The van der Waals surface area contributed by atoms with Gasteiger partial charge in [-0.15, -0.1) is 0 Å². The molecular weight excluding hydrogens is 302 g/mol. The maximum atomic E-state index is 12.5. The van der Waals surface area contributed by atoms with Crippen molar-refractivity contribution >= 4 is 11.9 Å². The molecule has 0 aromatic heterocycles. The van der Waals surface area contributed by atoms with Crippen LogP contribution in [0.15, 0.2) is 48.5 Å². The van der Waals surface area contributed by atoms with E-state index in [1.807, 2.05) is 36.4 Å². The molecule has 2 aliphatic rings. The Bertz CT molecular complexity index is 765. The molecule has 24 heavy (non-hydrogen) atoms. The lowest BCUT2D eigenvalue weighted by Gasteiger charge is -2.24. The van der Waals surface area contributed by atoms with E-state index in [4.69, 9.17) is 4.74 Å². The monoisotopic (exact) mass is 321 g/mol. The molecule has 0 saturated heterocycles. The van der Waals surface area contributed by atoms with Crippen LogP contribution in [0.5, 0.6) is 0 Å². The minimum atomic E-state index is -0.701. The smallest absolute Gasteiger partial charge is 0.329 e. The van der Waals surface area contributed by atoms with Gasteiger partial charge in [-0.25, -0.2) is 4.79 Å². The van der Waals surface area contributed by atoms with Crippen molar-refractivity contribution in [1.82, 2.24) is 5.32 Å². The molecule has 4 nitrogen and oxygen atoms in total. The number of fused-ring (bicyclic) bond motifs is 3. The number of carbonyl (C=O) groups excluding carboxylic acids is 2. The summed E-state index contributed by atoms with van der Waals surface area (Å²) in [6.07, 6.45) is 1.80. The molecule has 2 aromatic carbocycles. The first-order chi connectivity index (χ1) is 11.7. The number of methoxy groups -OCH3 is 1.